The number of fused-ring (bicyclic) bond motifs is 2. The van der Waals surface area contributed by atoms with Crippen LogP contribution in [-0.4, -0.2) is 58.9 Å². The van der Waals surface area contributed by atoms with Gasteiger partial charge in [0.15, 0.2) is 11.4 Å². The van der Waals surface area contributed by atoms with Gasteiger partial charge < -0.3 is 9.64 Å². The van der Waals surface area contributed by atoms with E-state index in [0.29, 0.717) is 18.3 Å². The monoisotopic (exact) mass is 459 g/mol. The molecule has 1 aliphatic heterocycles. The summed E-state index contributed by atoms with van der Waals surface area (Å²) in [5.41, 5.74) is 0.477. The molecule has 12 heteroatoms. The van der Waals surface area contributed by atoms with Crippen LogP contribution in [0.1, 0.15) is 41.5 Å². The van der Waals surface area contributed by atoms with E-state index in [4.69, 9.17) is 4.74 Å². The Kier molecular flexibility index (Phi) is 5.02. The van der Waals surface area contributed by atoms with Crippen molar-refractivity contribution in [3.05, 3.63) is 54.0 Å². The molecule has 3 aromatic heterocycles. The zero-order valence-electron chi connectivity index (χ0n) is 17.8. The summed E-state index contributed by atoms with van der Waals surface area (Å²) < 4.78 is 44.1. The first-order valence-corrected chi connectivity index (χ1v) is 10.4. The molecular formula is C21H20F3N7O2. The van der Waals surface area contributed by atoms with Crippen molar-refractivity contribution in [2.24, 2.45) is 5.92 Å². The number of piperidine rings is 1. The zero-order valence-corrected chi connectivity index (χ0v) is 17.8. The Morgan fingerprint density at radius 3 is 2.48 bits per heavy atom. The molecule has 1 aliphatic carbocycles. The maximum atomic E-state index is 13.6. The predicted octanol–water partition coefficient (Wildman–Crippen LogP) is 2.85. The summed E-state index contributed by atoms with van der Waals surface area (Å²) in [7, 11) is 0. The van der Waals surface area contributed by atoms with Gasteiger partial charge in [-0.25, -0.2) is 15.0 Å². The van der Waals surface area contributed by atoms with Crippen molar-refractivity contribution in [2.45, 2.75) is 51.1 Å². The standard InChI is InChI=1S/C21H20F3N7O2/c1-11-5-15(31-28-3-4-29-31)19(27-8-11)20(32)30-12(2)13-6-14(30)16(7-13)33-18-10-25-17(9-26-18)21(22,23)24/h3-5,8-10,12-14,16H,6-7H2,1-2H3/t12-,13-,14?,16-/m1/s1. The minimum Gasteiger partial charge on any atom is -0.471 e. The minimum atomic E-state index is -4.57. The molecule has 0 spiro atoms. The van der Waals surface area contributed by atoms with Crippen LogP contribution >= 0.6 is 0 Å². The quantitative estimate of drug-likeness (QED) is 0.592. The number of rotatable bonds is 4. The molecular weight excluding hydrogens is 439 g/mol. The van der Waals surface area contributed by atoms with Gasteiger partial charge in [0.1, 0.15) is 11.8 Å². The van der Waals surface area contributed by atoms with Crippen LogP contribution in [0.15, 0.2) is 37.1 Å². The van der Waals surface area contributed by atoms with E-state index in [1.807, 2.05) is 13.8 Å². The number of nitrogens with zero attached hydrogens (tertiary/aromatic N) is 7. The van der Waals surface area contributed by atoms with E-state index in [0.717, 1.165) is 18.2 Å². The Labute approximate surface area is 186 Å². The first-order chi connectivity index (χ1) is 15.7. The fourth-order valence-electron chi connectivity index (χ4n) is 4.70. The highest BCUT2D eigenvalue weighted by Crippen LogP contribution is 2.44. The molecule has 0 radical (unpaired) electrons. The van der Waals surface area contributed by atoms with Crippen molar-refractivity contribution in [3.8, 4) is 11.6 Å². The number of aromatic nitrogens is 6. The number of carbonyl (C=O) groups is 1. The summed E-state index contributed by atoms with van der Waals surface area (Å²) in [6.07, 6.45) is 2.70. The Hall–Kier alpha value is -3.57. The number of hydrogen-bond donors (Lipinski definition) is 0. The summed E-state index contributed by atoms with van der Waals surface area (Å²) in [6, 6.07) is 1.50. The van der Waals surface area contributed by atoms with Crippen LogP contribution in [0.2, 0.25) is 0 Å². The fraction of sp³-hybridized carbons (Fsp3) is 0.429. The van der Waals surface area contributed by atoms with Crippen molar-refractivity contribution in [2.75, 3.05) is 0 Å². The van der Waals surface area contributed by atoms with Crippen molar-refractivity contribution in [1.82, 2.24) is 34.8 Å². The topological polar surface area (TPSA) is 98.9 Å². The molecule has 2 aliphatic rings. The van der Waals surface area contributed by atoms with Gasteiger partial charge in [-0.2, -0.15) is 23.4 Å². The van der Waals surface area contributed by atoms with Gasteiger partial charge in [0, 0.05) is 12.2 Å². The fourth-order valence-corrected chi connectivity index (χ4v) is 4.70. The molecule has 9 nitrogen and oxygen atoms in total. The Balaban J connectivity index is 1.39. The Morgan fingerprint density at radius 2 is 1.85 bits per heavy atom. The molecule has 3 aromatic rings. The van der Waals surface area contributed by atoms with Gasteiger partial charge in [-0.1, -0.05) is 0 Å². The molecule has 172 valence electrons. The van der Waals surface area contributed by atoms with Gasteiger partial charge >= 0.3 is 6.18 Å². The normalized spacial score (nSPS) is 24.3. The highest BCUT2D eigenvalue weighted by molar-refractivity contribution is 5.96. The second kappa shape index (κ2) is 7.78. The van der Waals surface area contributed by atoms with Crippen LogP contribution in [0.25, 0.3) is 5.69 Å². The molecule has 4 heterocycles. The summed E-state index contributed by atoms with van der Waals surface area (Å²) in [6.45, 7) is 3.85. The van der Waals surface area contributed by atoms with E-state index in [9.17, 15) is 18.0 Å². The van der Waals surface area contributed by atoms with Crippen LogP contribution in [-0.2, 0) is 6.18 Å². The molecule has 0 aromatic carbocycles. The second-order valence-corrected chi connectivity index (χ2v) is 8.34. The highest BCUT2D eigenvalue weighted by atomic mass is 19.4. The first kappa shape index (κ1) is 21.3. The van der Waals surface area contributed by atoms with Gasteiger partial charge in [-0.3, -0.25) is 4.79 Å². The van der Waals surface area contributed by atoms with Crippen molar-refractivity contribution >= 4 is 5.91 Å². The largest absolute Gasteiger partial charge is 0.471 e. The molecule has 1 saturated heterocycles. The second-order valence-electron chi connectivity index (χ2n) is 8.34. The number of likely N-dealkylation sites (tertiary alicyclic amines) is 1. The van der Waals surface area contributed by atoms with Crippen molar-refractivity contribution in [1.29, 1.82) is 0 Å². The molecule has 2 bridgehead atoms. The number of carbonyl (C=O) groups excluding carboxylic acids is 1. The van der Waals surface area contributed by atoms with Crippen molar-refractivity contribution < 1.29 is 22.7 Å². The van der Waals surface area contributed by atoms with Gasteiger partial charge in [-0.05, 0) is 44.2 Å². The molecule has 0 N–H and O–H groups in total. The number of alkyl halides is 3. The summed E-state index contributed by atoms with van der Waals surface area (Å²) in [4.78, 5) is 28.3. The summed E-state index contributed by atoms with van der Waals surface area (Å²) >= 11 is 0. The summed E-state index contributed by atoms with van der Waals surface area (Å²) in [5, 5.41) is 8.27. The molecule has 33 heavy (non-hydrogen) atoms. The van der Waals surface area contributed by atoms with Crippen LogP contribution in [0.4, 0.5) is 13.2 Å². The average molecular weight is 459 g/mol. The summed E-state index contributed by atoms with van der Waals surface area (Å²) in [5.74, 6) is -0.0762. The van der Waals surface area contributed by atoms with Gasteiger partial charge in [0.05, 0.1) is 30.8 Å². The maximum Gasteiger partial charge on any atom is 0.434 e. The van der Waals surface area contributed by atoms with Crippen molar-refractivity contribution in [3.63, 3.8) is 0 Å². The lowest BCUT2D eigenvalue weighted by atomic mass is 9.98. The number of aryl methyl sites for hydroxylation is 1. The first-order valence-electron chi connectivity index (χ1n) is 10.4. The third-order valence-corrected chi connectivity index (χ3v) is 6.25. The van der Waals surface area contributed by atoms with Crippen LogP contribution < -0.4 is 4.74 Å². The molecule has 1 unspecified atom stereocenters. The van der Waals surface area contributed by atoms with E-state index >= 15 is 0 Å². The highest BCUT2D eigenvalue weighted by Gasteiger charge is 2.53. The number of pyridine rings is 1. The Morgan fingerprint density at radius 1 is 1.09 bits per heavy atom. The number of halogens is 3. The van der Waals surface area contributed by atoms with E-state index in [1.54, 1.807) is 17.2 Å². The van der Waals surface area contributed by atoms with E-state index in [-0.39, 0.29) is 35.5 Å². The lowest BCUT2D eigenvalue weighted by molar-refractivity contribution is -0.141. The number of ether oxygens (including phenoxy) is 1. The molecule has 4 atom stereocenters. The molecule has 1 amide bonds. The zero-order chi connectivity index (χ0) is 23.3. The number of hydrogen-bond acceptors (Lipinski definition) is 7. The lowest BCUT2D eigenvalue weighted by Gasteiger charge is -2.37. The van der Waals surface area contributed by atoms with E-state index in [1.165, 1.54) is 17.2 Å². The third-order valence-electron chi connectivity index (χ3n) is 6.25. The van der Waals surface area contributed by atoms with Gasteiger partial charge in [0.25, 0.3) is 5.91 Å². The predicted molar refractivity (Wildman–Crippen MR) is 107 cm³/mol. The van der Waals surface area contributed by atoms with Crippen LogP contribution in [0.5, 0.6) is 5.88 Å². The molecule has 2 fully saturated rings. The third kappa shape index (κ3) is 3.79. The smallest absolute Gasteiger partial charge is 0.434 e. The van der Waals surface area contributed by atoms with Gasteiger partial charge in [0.2, 0.25) is 5.88 Å². The van der Waals surface area contributed by atoms with Crippen LogP contribution in [0.3, 0.4) is 0 Å². The SMILES string of the molecule is Cc1cnc(C(=O)N2C3C[C@H](C[C@H]3Oc3cnc(C(F)(F)F)cn3)[C@H]2C)c(-n2nccn2)c1. The average Bonchev–Trinajstić information content (AvgIpc) is 3.50. The van der Waals surface area contributed by atoms with E-state index < -0.39 is 18.0 Å². The lowest BCUT2D eigenvalue weighted by Crippen LogP contribution is -2.51. The van der Waals surface area contributed by atoms with E-state index in [2.05, 4.69) is 25.1 Å². The Bertz CT molecular complexity index is 1170. The van der Waals surface area contributed by atoms with Gasteiger partial charge in [-0.15, -0.1) is 4.80 Å². The van der Waals surface area contributed by atoms with Crippen LogP contribution in [0, 0.1) is 12.8 Å². The molecule has 5 rings (SSSR count). The molecule has 1 saturated carbocycles. The number of amides is 1. The maximum absolute atomic E-state index is 13.6. The minimum absolute atomic E-state index is 0.00417.